The van der Waals surface area contributed by atoms with Crippen LogP contribution in [0, 0.1) is 13.8 Å². The summed E-state index contributed by atoms with van der Waals surface area (Å²) in [6.07, 6.45) is 9.06. The second kappa shape index (κ2) is 24.1. The molecule has 41 heavy (non-hydrogen) atoms. The number of carboxylic acid groups (broad SMARTS) is 1. The molecule has 2 aromatic carbocycles. The fourth-order valence-corrected chi connectivity index (χ4v) is 3.52. The van der Waals surface area contributed by atoms with Crippen LogP contribution in [-0.2, 0) is 20.8 Å². The number of nitrogens with one attached hydrogen (secondary N) is 2. The van der Waals surface area contributed by atoms with E-state index in [-0.39, 0.29) is 19.4 Å². The Bertz CT molecular complexity index is 1060. The van der Waals surface area contributed by atoms with E-state index in [2.05, 4.69) is 67.6 Å². The average molecular weight is 586 g/mol. The minimum Gasteiger partial charge on any atom is -0.508 e. The number of aromatic nitrogens is 1. The van der Waals surface area contributed by atoms with Gasteiger partial charge in [0.05, 0.1) is 13.0 Å². The van der Waals surface area contributed by atoms with E-state index in [0.717, 1.165) is 0 Å². The van der Waals surface area contributed by atoms with Crippen LogP contribution in [0.1, 0.15) is 82.4 Å². The summed E-state index contributed by atoms with van der Waals surface area (Å²) >= 11 is 1.27. The van der Waals surface area contributed by atoms with Crippen molar-refractivity contribution in [2.75, 3.05) is 11.9 Å². The molecule has 1 aromatic heterocycles. The van der Waals surface area contributed by atoms with Gasteiger partial charge in [0.1, 0.15) is 5.75 Å². The van der Waals surface area contributed by atoms with Crippen molar-refractivity contribution >= 4 is 34.3 Å². The van der Waals surface area contributed by atoms with Crippen LogP contribution < -0.4 is 10.6 Å². The lowest BCUT2D eigenvalue weighted by Crippen LogP contribution is -2.32. The fourth-order valence-electron chi connectivity index (χ4n) is 2.97. The number of anilines is 1. The Hall–Kier alpha value is -3.72. The van der Waals surface area contributed by atoms with Crippen molar-refractivity contribution in [1.82, 2.24) is 10.3 Å². The molecular weight excluding hydrogens is 538 g/mol. The van der Waals surface area contributed by atoms with Gasteiger partial charge in [0, 0.05) is 18.0 Å². The summed E-state index contributed by atoms with van der Waals surface area (Å²) in [7, 11) is 0. The lowest BCUT2D eigenvalue weighted by atomic mass is 10.1. The van der Waals surface area contributed by atoms with Crippen LogP contribution in [0.4, 0.5) is 5.13 Å². The van der Waals surface area contributed by atoms with Crippen molar-refractivity contribution in [2.24, 2.45) is 0 Å². The van der Waals surface area contributed by atoms with Crippen molar-refractivity contribution in [1.29, 1.82) is 0 Å². The summed E-state index contributed by atoms with van der Waals surface area (Å²) in [5.74, 6) is -1.59. The molecule has 0 aliphatic rings. The second-order valence-corrected chi connectivity index (χ2v) is 10.2. The topological polar surface area (TPSA) is 129 Å². The van der Waals surface area contributed by atoms with Crippen LogP contribution in [0.5, 0.6) is 5.75 Å². The molecule has 0 unspecified atom stereocenters. The first-order chi connectivity index (χ1) is 19.6. The van der Waals surface area contributed by atoms with E-state index in [1.807, 2.05) is 19.1 Å². The number of phenols is 1. The third-order valence-corrected chi connectivity index (χ3v) is 6.06. The molecule has 0 saturated carbocycles. The number of carboxylic acids is 1. The molecule has 8 nitrogen and oxygen atoms in total. The number of hydrogen-bond acceptors (Lipinski definition) is 6. The smallest absolute Gasteiger partial charge is 0.303 e. The lowest BCUT2D eigenvalue weighted by Gasteiger charge is -2.03. The van der Waals surface area contributed by atoms with Crippen LogP contribution in [-0.4, -0.2) is 39.5 Å². The molecule has 0 atom stereocenters. The van der Waals surface area contributed by atoms with Gasteiger partial charge >= 0.3 is 5.97 Å². The predicted molar refractivity (Wildman–Crippen MR) is 168 cm³/mol. The number of phenolic OH excluding ortho intramolecular Hbond substituents is 1. The Kier molecular flexibility index (Phi) is 21.9. The third-order valence-electron chi connectivity index (χ3n) is 5.37. The molecule has 1 heterocycles. The molecule has 0 radical (unpaired) electrons. The lowest BCUT2D eigenvalue weighted by molar-refractivity contribution is -0.138. The van der Waals surface area contributed by atoms with Gasteiger partial charge in [-0.3, -0.25) is 14.4 Å². The molecule has 9 heteroatoms. The van der Waals surface area contributed by atoms with E-state index >= 15 is 0 Å². The highest BCUT2D eigenvalue weighted by molar-refractivity contribution is 7.13. The van der Waals surface area contributed by atoms with Crippen molar-refractivity contribution in [3.05, 3.63) is 76.8 Å². The Labute approximate surface area is 249 Å². The van der Waals surface area contributed by atoms with Gasteiger partial charge in [0.15, 0.2) is 5.13 Å². The van der Waals surface area contributed by atoms with Crippen LogP contribution in [0.15, 0.2) is 60.1 Å². The number of rotatable bonds is 11. The fraction of sp³-hybridized carbons (Fsp3) is 0.438. The molecule has 3 aromatic rings. The van der Waals surface area contributed by atoms with Crippen LogP contribution >= 0.6 is 11.3 Å². The minimum absolute atomic E-state index is 0.139. The largest absolute Gasteiger partial charge is 0.508 e. The van der Waals surface area contributed by atoms with Crippen LogP contribution in [0.25, 0.3) is 0 Å². The quantitative estimate of drug-likeness (QED) is 0.187. The summed E-state index contributed by atoms with van der Waals surface area (Å²) in [6.45, 7) is 10.6. The maximum atomic E-state index is 11.3. The van der Waals surface area contributed by atoms with E-state index in [0.29, 0.717) is 10.9 Å². The highest BCUT2D eigenvalue weighted by atomic mass is 32.1. The average Bonchev–Trinajstić information content (AvgIpc) is 3.46. The summed E-state index contributed by atoms with van der Waals surface area (Å²) in [5.41, 5.74) is 3.99. The molecule has 3 rings (SSSR count). The zero-order valence-corrected chi connectivity index (χ0v) is 25.9. The number of thiazole rings is 1. The van der Waals surface area contributed by atoms with Gasteiger partial charge in [-0.25, -0.2) is 4.98 Å². The number of carbonyl (C=O) groups is 3. The molecule has 0 spiro atoms. The zero-order chi connectivity index (χ0) is 30.9. The number of nitrogens with zero attached hydrogens (tertiary/aromatic N) is 1. The SMILES string of the molecule is CCCCC.CCCCc1ccc(C)cc1.Cc1ccc(O)cc1.O=C(O)CCC(=O)NCC(=O)Nc1nccs1. The molecule has 0 saturated heterocycles. The molecule has 0 bridgehead atoms. The number of hydrogen-bond donors (Lipinski definition) is 4. The number of unbranched alkanes of at least 4 members (excludes halogenated alkanes) is 3. The predicted octanol–water partition coefficient (Wildman–Crippen LogP) is 7.30. The van der Waals surface area contributed by atoms with E-state index in [1.54, 1.807) is 23.7 Å². The van der Waals surface area contributed by atoms with Gasteiger partial charge in [-0.2, -0.15) is 0 Å². The summed E-state index contributed by atoms with van der Waals surface area (Å²) in [6, 6.07) is 15.9. The van der Waals surface area contributed by atoms with Crippen molar-refractivity contribution in [3.8, 4) is 5.75 Å². The maximum Gasteiger partial charge on any atom is 0.303 e. The minimum atomic E-state index is -1.05. The van der Waals surface area contributed by atoms with Crippen LogP contribution in [0.3, 0.4) is 0 Å². The highest BCUT2D eigenvalue weighted by Gasteiger charge is 2.08. The summed E-state index contributed by atoms with van der Waals surface area (Å²) in [5, 5.41) is 24.1. The highest BCUT2D eigenvalue weighted by Crippen LogP contribution is 2.09. The van der Waals surface area contributed by atoms with Gasteiger partial charge < -0.3 is 20.8 Å². The van der Waals surface area contributed by atoms with Crippen molar-refractivity contribution in [2.45, 2.75) is 86.0 Å². The van der Waals surface area contributed by atoms with Gasteiger partial charge in [0.2, 0.25) is 11.8 Å². The van der Waals surface area contributed by atoms with Crippen molar-refractivity contribution in [3.63, 3.8) is 0 Å². The molecule has 0 aliphatic carbocycles. The summed E-state index contributed by atoms with van der Waals surface area (Å²) < 4.78 is 0. The Morgan fingerprint density at radius 2 is 1.37 bits per heavy atom. The monoisotopic (exact) mass is 585 g/mol. The van der Waals surface area contributed by atoms with E-state index in [9.17, 15) is 14.4 Å². The first-order valence-corrected chi connectivity index (χ1v) is 15.0. The maximum absolute atomic E-state index is 11.3. The standard InChI is InChI=1S/C11H16.C9H11N3O4S.C7H8O.C5H12/c1-3-4-5-11-8-6-10(2)7-9-11;13-6(1-2-8(15)16)11-5-7(14)12-9-10-3-4-17-9;1-6-2-4-7(8)5-3-6;1-3-5-4-2/h6-9H,3-5H2,1-2H3;3-4H,1-2,5H2,(H,11,13)(H,15,16)(H,10,12,14);2-5,8H,1H3;3-5H2,1-2H3. The van der Waals surface area contributed by atoms with Gasteiger partial charge in [-0.05, 0) is 44.4 Å². The van der Waals surface area contributed by atoms with E-state index in [1.165, 1.54) is 66.6 Å². The summed E-state index contributed by atoms with van der Waals surface area (Å²) in [4.78, 5) is 36.4. The first-order valence-electron chi connectivity index (χ1n) is 14.1. The number of aliphatic carboxylic acids is 1. The molecule has 226 valence electrons. The van der Waals surface area contributed by atoms with Crippen molar-refractivity contribution < 1.29 is 24.6 Å². The number of aryl methyl sites for hydroxylation is 3. The third kappa shape index (κ3) is 22.8. The first kappa shape index (κ1) is 37.3. The molecule has 0 fully saturated rings. The normalized spacial score (nSPS) is 9.49. The van der Waals surface area contributed by atoms with Crippen LogP contribution in [0.2, 0.25) is 0 Å². The number of amides is 2. The Balaban J connectivity index is 0.000000571. The van der Waals surface area contributed by atoms with E-state index < -0.39 is 17.8 Å². The van der Waals surface area contributed by atoms with E-state index in [4.69, 9.17) is 10.2 Å². The Morgan fingerprint density at radius 3 is 1.80 bits per heavy atom. The molecular formula is C32H47N3O5S. The number of benzene rings is 2. The Morgan fingerprint density at radius 1 is 0.805 bits per heavy atom. The molecule has 0 aliphatic heterocycles. The van der Waals surface area contributed by atoms with Gasteiger partial charge in [-0.15, -0.1) is 11.3 Å². The van der Waals surface area contributed by atoms with Gasteiger partial charge in [-0.1, -0.05) is 94.0 Å². The second-order valence-electron chi connectivity index (χ2n) is 9.33. The zero-order valence-electron chi connectivity index (χ0n) is 25.1. The van der Waals surface area contributed by atoms with Gasteiger partial charge in [0.25, 0.3) is 0 Å². The molecule has 2 amide bonds. The number of carbonyl (C=O) groups excluding carboxylic acids is 2. The molecule has 4 N–H and O–H groups in total. The number of aromatic hydroxyl groups is 1.